The van der Waals surface area contributed by atoms with Crippen molar-refractivity contribution in [2.45, 2.75) is 25.8 Å². The number of aromatic nitrogens is 2. The van der Waals surface area contributed by atoms with Gasteiger partial charge in [-0.05, 0) is 31.8 Å². The molecule has 100 valence electrons. The lowest BCUT2D eigenvalue weighted by Crippen LogP contribution is -2.35. The Kier molecular flexibility index (Phi) is 4.45. The van der Waals surface area contributed by atoms with Gasteiger partial charge in [0.15, 0.2) is 0 Å². The van der Waals surface area contributed by atoms with Crippen LogP contribution in [0.25, 0.3) is 0 Å². The van der Waals surface area contributed by atoms with Gasteiger partial charge in [0, 0.05) is 24.5 Å². The summed E-state index contributed by atoms with van der Waals surface area (Å²) in [6.45, 7) is 2.66. The summed E-state index contributed by atoms with van der Waals surface area (Å²) in [5, 5.41) is 4.87. The molecule has 2 heterocycles. The molecule has 0 aliphatic carbocycles. The fourth-order valence-electron chi connectivity index (χ4n) is 2.27. The van der Waals surface area contributed by atoms with Gasteiger partial charge in [-0.2, -0.15) is 0 Å². The third kappa shape index (κ3) is 3.37. The molecule has 1 aromatic heterocycles. The fourth-order valence-corrected chi connectivity index (χ4v) is 2.75. The van der Waals surface area contributed by atoms with Crippen molar-refractivity contribution in [3.05, 3.63) is 5.69 Å². The summed E-state index contributed by atoms with van der Waals surface area (Å²) in [6, 6.07) is 0. The van der Waals surface area contributed by atoms with E-state index < -0.39 is 0 Å². The van der Waals surface area contributed by atoms with Gasteiger partial charge in [-0.15, -0.1) is 5.10 Å². The predicted molar refractivity (Wildman–Crippen MR) is 69.5 cm³/mol. The van der Waals surface area contributed by atoms with Crippen molar-refractivity contribution in [2.24, 2.45) is 17.5 Å². The molecule has 1 amide bonds. The number of rotatable bonds is 5. The van der Waals surface area contributed by atoms with Crippen LogP contribution in [0.4, 0.5) is 5.00 Å². The van der Waals surface area contributed by atoms with Crippen molar-refractivity contribution >= 4 is 22.4 Å². The molecule has 8 heteroatoms. The second kappa shape index (κ2) is 6.07. The van der Waals surface area contributed by atoms with Gasteiger partial charge in [-0.1, -0.05) is 4.49 Å². The topological polar surface area (TPSA) is 110 Å². The molecule has 18 heavy (non-hydrogen) atoms. The smallest absolute Gasteiger partial charge is 0.217 e. The zero-order valence-corrected chi connectivity index (χ0v) is 10.9. The van der Waals surface area contributed by atoms with Crippen LogP contribution in [-0.2, 0) is 11.3 Å². The second-order valence-corrected chi connectivity index (χ2v) is 5.34. The molecular weight excluding hydrogens is 252 g/mol. The first-order valence-electron chi connectivity index (χ1n) is 5.97. The molecule has 0 saturated carbocycles. The highest BCUT2D eigenvalue weighted by molar-refractivity contribution is 7.10. The Morgan fingerprint density at radius 1 is 1.50 bits per heavy atom. The van der Waals surface area contributed by atoms with Crippen molar-refractivity contribution in [1.82, 2.24) is 14.5 Å². The maximum Gasteiger partial charge on any atom is 0.217 e. The van der Waals surface area contributed by atoms with E-state index in [1.54, 1.807) is 0 Å². The van der Waals surface area contributed by atoms with Crippen molar-refractivity contribution in [2.75, 3.05) is 18.5 Å². The largest absolute Gasteiger partial charge is 0.370 e. The van der Waals surface area contributed by atoms with E-state index in [2.05, 4.69) is 19.9 Å². The summed E-state index contributed by atoms with van der Waals surface area (Å²) in [4.78, 5) is 13.2. The number of carbonyl (C=O) groups excluding carboxylic acids is 1. The molecule has 0 atom stereocenters. The number of nitrogens with two attached hydrogens (primary N) is 2. The SMILES string of the molecule is NNc1snnc1CN1CCC(CC(N)=O)CC1. The molecule has 0 unspecified atom stereocenters. The van der Waals surface area contributed by atoms with Gasteiger partial charge in [-0.3, -0.25) is 9.69 Å². The Balaban J connectivity index is 1.81. The van der Waals surface area contributed by atoms with Crippen molar-refractivity contribution in [3.8, 4) is 0 Å². The van der Waals surface area contributed by atoms with Crippen molar-refractivity contribution < 1.29 is 4.79 Å². The van der Waals surface area contributed by atoms with Crippen LogP contribution in [0.2, 0.25) is 0 Å². The summed E-state index contributed by atoms with van der Waals surface area (Å²) in [5.41, 5.74) is 8.70. The molecule has 1 aliphatic rings. The summed E-state index contributed by atoms with van der Waals surface area (Å²) < 4.78 is 3.87. The molecule has 7 nitrogen and oxygen atoms in total. The highest BCUT2D eigenvalue weighted by Gasteiger charge is 2.22. The Morgan fingerprint density at radius 3 is 2.83 bits per heavy atom. The predicted octanol–water partition coefficient (Wildman–Crippen LogP) is -0.0889. The number of carbonyl (C=O) groups is 1. The van der Waals surface area contributed by atoms with Gasteiger partial charge in [0.05, 0.1) is 0 Å². The molecule has 1 fully saturated rings. The lowest BCUT2D eigenvalue weighted by atomic mass is 9.93. The van der Waals surface area contributed by atoms with Gasteiger partial charge >= 0.3 is 0 Å². The van der Waals surface area contributed by atoms with Crippen LogP contribution in [0, 0.1) is 5.92 Å². The first kappa shape index (κ1) is 13.2. The minimum atomic E-state index is -0.202. The molecule has 5 N–H and O–H groups in total. The zero-order chi connectivity index (χ0) is 13.0. The van der Waals surface area contributed by atoms with E-state index in [9.17, 15) is 4.79 Å². The third-order valence-corrected chi connectivity index (χ3v) is 3.96. The summed E-state index contributed by atoms with van der Waals surface area (Å²) in [5.74, 6) is 5.62. The fraction of sp³-hybridized carbons (Fsp3) is 0.700. The van der Waals surface area contributed by atoms with Crippen molar-refractivity contribution in [1.29, 1.82) is 0 Å². The molecule has 1 aromatic rings. The molecule has 0 aromatic carbocycles. The average molecular weight is 270 g/mol. The first-order chi connectivity index (χ1) is 8.69. The zero-order valence-electron chi connectivity index (χ0n) is 10.1. The number of hydrogen-bond donors (Lipinski definition) is 3. The van der Waals surface area contributed by atoms with Gasteiger partial charge in [0.2, 0.25) is 5.91 Å². The summed E-state index contributed by atoms with van der Waals surface area (Å²) >= 11 is 1.26. The van der Waals surface area contributed by atoms with E-state index in [-0.39, 0.29) is 5.91 Å². The number of primary amides is 1. The quantitative estimate of drug-likeness (QED) is 0.509. The maximum absolute atomic E-state index is 10.9. The Bertz CT molecular complexity index is 401. The van der Waals surface area contributed by atoms with Gasteiger partial charge in [-0.25, -0.2) is 5.84 Å². The number of nitrogens with zero attached hydrogens (tertiary/aromatic N) is 3. The molecule has 2 rings (SSSR count). The second-order valence-electron chi connectivity index (χ2n) is 4.58. The van der Waals surface area contributed by atoms with Gasteiger partial charge in [0.25, 0.3) is 0 Å². The average Bonchev–Trinajstić information content (AvgIpc) is 2.78. The standard InChI is InChI=1S/C10H18N6OS/c11-9(17)5-7-1-3-16(4-2-7)6-8-10(13-12)18-15-14-8/h7,13H,1-6,12H2,(H2,11,17). The molecular formula is C10H18N6OS. The highest BCUT2D eigenvalue weighted by atomic mass is 32.1. The molecule has 0 radical (unpaired) electrons. The van der Waals surface area contributed by atoms with E-state index in [0.717, 1.165) is 43.2 Å². The van der Waals surface area contributed by atoms with Crippen LogP contribution in [0.1, 0.15) is 25.0 Å². The van der Waals surface area contributed by atoms with Crippen LogP contribution >= 0.6 is 11.5 Å². The van der Waals surface area contributed by atoms with E-state index in [1.165, 1.54) is 11.5 Å². The van der Waals surface area contributed by atoms with E-state index in [1.807, 2.05) is 0 Å². The minimum Gasteiger partial charge on any atom is -0.370 e. The molecule has 1 aliphatic heterocycles. The van der Waals surface area contributed by atoms with E-state index >= 15 is 0 Å². The highest BCUT2D eigenvalue weighted by Crippen LogP contribution is 2.23. The number of nitrogen functional groups attached to an aromatic ring is 1. The third-order valence-electron chi connectivity index (χ3n) is 3.26. The molecule has 0 spiro atoms. The van der Waals surface area contributed by atoms with E-state index in [0.29, 0.717) is 12.3 Å². The lowest BCUT2D eigenvalue weighted by molar-refractivity contribution is -0.119. The lowest BCUT2D eigenvalue weighted by Gasteiger charge is -2.30. The monoisotopic (exact) mass is 270 g/mol. The van der Waals surface area contributed by atoms with Gasteiger partial charge in [0.1, 0.15) is 10.7 Å². The number of nitrogens with one attached hydrogen (secondary N) is 1. The Morgan fingerprint density at radius 2 is 2.22 bits per heavy atom. The van der Waals surface area contributed by atoms with Crippen molar-refractivity contribution in [3.63, 3.8) is 0 Å². The maximum atomic E-state index is 10.9. The number of hydrogen-bond acceptors (Lipinski definition) is 7. The normalized spacial score (nSPS) is 17.8. The van der Waals surface area contributed by atoms with Crippen LogP contribution in [0.3, 0.4) is 0 Å². The molecule has 1 saturated heterocycles. The number of amides is 1. The number of piperidine rings is 1. The molecule has 0 bridgehead atoms. The van der Waals surface area contributed by atoms with Gasteiger partial charge < -0.3 is 11.2 Å². The minimum absolute atomic E-state index is 0.202. The van der Waals surface area contributed by atoms with Crippen LogP contribution in [0.15, 0.2) is 0 Å². The van der Waals surface area contributed by atoms with Crippen LogP contribution in [0.5, 0.6) is 0 Å². The van der Waals surface area contributed by atoms with E-state index in [4.69, 9.17) is 11.6 Å². The Labute approximate surface area is 110 Å². The number of anilines is 1. The summed E-state index contributed by atoms with van der Waals surface area (Å²) in [6.07, 6.45) is 2.51. The first-order valence-corrected chi connectivity index (χ1v) is 6.75. The number of hydrazine groups is 1. The number of likely N-dealkylation sites (tertiary alicyclic amines) is 1. The summed E-state index contributed by atoms with van der Waals surface area (Å²) in [7, 11) is 0. The van der Waals surface area contributed by atoms with Crippen LogP contribution < -0.4 is 17.0 Å². The Hall–Kier alpha value is -1.25. The van der Waals surface area contributed by atoms with Crippen LogP contribution in [-0.4, -0.2) is 33.5 Å².